The summed E-state index contributed by atoms with van der Waals surface area (Å²) in [5.74, 6) is 0.00610. The molecule has 0 saturated heterocycles. The number of esters is 1. The molecule has 2 rings (SSSR count). The first-order chi connectivity index (χ1) is 9.93. The molecule has 0 spiro atoms. The molecule has 21 heavy (non-hydrogen) atoms. The summed E-state index contributed by atoms with van der Waals surface area (Å²) in [7, 11) is 0. The number of rotatable bonds is 4. The van der Waals surface area contributed by atoms with E-state index in [1.165, 1.54) is 31.2 Å². The summed E-state index contributed by atoms with van der Waals surface area (Å²) in [6, 6.07) is 7.78. The van der Waals surface area contributed by atoms with E-state index >= 15 is 0 Å². The van der Waals surface area contributed by atoms with Crippen LogP contribution in [-0.2, 0) is 9.53 Å². The van der Waals surface area contributed by atoms with Crippen LogP contribution in [0.4, 0.5) is 0 Å². The highest BCUT2D eigenvalue weighted by atomic mass is 16.5. The first-order valence-electron chi connectivity index (χ1n) is 7.87. The van der Waals surface area contributed by atoms with E-state index in [1.807, 2.05) is 24.3 Å². The van der Waals surface area contributed by atoms with Gasteiger partial charge in [0.15, 0.2) is 6.10 Å². The second-order valence-electron chi connectivity index (χ2n) is 6.78. The largest absolute Gasteiger partial charge is 0.464 e. The predicted octanol–water partition coefficient (Wildman–Crippen LogP) is 3.97. The molecule has 1 saturated carbocycles. The summed E-state index contributed by atoms with van der Waals surface area (Å²) in [4.78, 5) is 11.5. The van der Waals surface area contributed by atoms with Gasteiger partial charge in [-0.15, -0.1) is 0 Å². The highest BCUT2D eigenvalue weighted by molar-refractivity contribution is 5.76. The van der Waals surface area contributed by atoms with Crippen LogP contribution < -0.4 is 0 Å². The summed E-state index contributed by atoms with van der Waals surface area (Å²) in [5, 5.41) is 9.93. The Labute approximate surface area is 127 Å². The molecule has 0 bridgehead atoms. The molecule has 2 unspecified atom stereocenters. The van der Waals surface area contributed by atoms with Gasteiger partial charge in [-0.25, -0.2) is 4.79 Å². The lowest BCUT2D eigenvalue weighted by molar-refractivity contribution is -0.153. The Morgan fingerprint density at radius 1 is 1.38 bits per heavy atom. The molecular formula is C18H26O3. The number of ether oxygens (including phenoxy) is 1. The number of carbonyl (C=O) groups excluding carboxylic acids is 1. The van der Waals surface area contributed by atoms with Gasteiger partial charge in [0.05, 0.1) is 6.61 Å². The fourth-order valence-electron chi connectivity index (χ4n) is 3.29. The monoisotopic (exact) mass is 290 g/mol. The Morgan fingerprint density at radius 3 is 2.62 bits per heavy atom. The normalized spacial score (nSPS) is 22.6. The molecule has 1 fully saturated rings. The van der Waals surface area contributed by atoms with Crippen LogP contribution in [0.25, 0.3) is 0 Å². The highest BCUT2D eigenvalue weighted by Crippen LogP contribution is 2.43. The van der Waals surface area contributed by atoms with Crippen molar-refractivity contribution < 1.29 is 14.6 Å². The van der Waals surface area contributed by atoms with Crippen LogP contribution in [0.2, 0.25) is 0 Å². The average molecular weight is 290 g/mol. The number of aliphatic hydroxyl groups is 1. The quantitative estimate of drug-likeness (QED) is 0.854. The van der Waals surface area contributed by atoms with E-state index in [2.05, 4.69) is 13.8 Å². The fourth-order valence-corrected chi connectivity index (χ4v) is 3.29. The highest BCUT2D eigenvalue weighted by Gasteiger charge is 2.29. The standard InChI is InChI=1S/C18H26O3/c1-4-21-17(20)16(19)14-9-7-13(8-10-14)15-6-5-11-18(2,3)12-15/h7-10,15-16,19H,4-6,11-12H2,1-3H3. The van der Waals surface area contributed by atoms with Crippen LogP contribution in [-0.4, -0.2) is 17.7 Å². The van der Waals surface area contributed by atoms with Gasteiger partial charge in [-0.3, -0.25) is 0 Å². The maximum absolute atomic E-state index is 11.5. The van der Waals surface area contributed by atoms with E-state index in [1.54, 1.807) is 6.92 Å². The Balaban J connectivity index is 2.06. The molecule has 3 heteroatoms. The molecule has 0 aliphatic heterocycles. The lowest BCUT2D eigenvalue weighted by atomic mass is 9.70. The molecule has 3 nitrogen and oxygen atoms in total. The van der Waals surface area contributed by atoms with Gasteiger partial charge in [0.2, 0.25) is 0 Å². The van der Waals surface area contributed by atoms with Crippen molar-refractivity contribution in [2.24, 2.45) is 5.41 Å². The van der Waals surface area contributed by atoms with Crippen molar-refractivity contribution in [1.29, 1.82) is 0 Å². The Bertz CT molecular complexity index is 476. The van der Waals surface area contributed by atoms with Crippen molar-refractivity contribution in [3.8, 4) is 0 Å². The summed E-state index contributed by atoms with van der Waals surface area (Å²) < 4.78 is 4.84. The molecule has 0 aromatic heterocycles. The molecule has 1 aliphatic carbocycles. The minimum Gasteiger partial charge on any atom is -0.464 e. The Kier molecular flexibility index (Phi) is 5.04. The third-order valence-corrected chi connectivity index (χ3v) is 4.44. The van der Waals surface area contributed by atoms with Gasteiger partial charge in [0.1, 0.15) is 0 Å². The van der Waals surface area contributed by atoms with Gasteiger partial charge in [-0.05, 0) is 48.6 Å². The van der Waals surface area contributed by atoms with Crippen molar-refractivity contribution >= 4 is 5.97 Å². The van der Waals surface area contributed by atoms with E-state index < -0.39 is 12.1 Å². The predicted molar refractivity (Wildman–Crippen MR) is 83.0 cm³/mol. The van der Waals surface area contributed by atoms with Crippen molar-refractivity contribution in [3.63, 3.8) is 0 Å². The van der Waals surface area contributed by atoms with Gasteiger partial charge >= 0.3 is 5.97 Å². The zero-order valence-electron chi connectivity index (χ0n) is 13.3. The zero-order valence-corrected chi connectivity index (χ0v) is 13.3. The van der Waals surface area contributed by atoms with E-state index in [0.29, 0.717) is 16.9 Å². The number of hydrogen-bond donors (Lipinski definition) is 1. The number of aliphatic hydroxyl groups excluding tert-OH is 1. The molecular weight excluding hydrogens is 264 g/mol. The van der Waals surface area contributed by atoms with Crippen molar-refractivity contribution in [3.05, 3.63) is 35.4 Å². The van der Waals surface area contributed by atoms with E-state index in [9.17, 15) is 9.90 Å². The summed E-state index contributed by atoms with van der Waals surface area (Å²) in [6.45, 7) is 6.68. The summed E-state index contributed by atoms with van der Waals surface area (Å²) in [5.41, 5.74) is 2.32. The fraction of sp³-hybridized carbons (Fsp3) is 0.611. The molecule has 0 amide bonds. The van der Waals surface area contributed by atoms with Crippen LogP contribution in [0, 0.1) is 5.41 Å². The van der Waals surface area contributed by atoms with Crippen molar-refractivity contribution in [2.75, 3.05) is 6.61 Å². The molecule has 0 radical (unpaired) electrons. The van der Waals surface area contributed by atoms with Crippen LogP contribution in [0.15, 0.2) is 24.3 Å². The molecule has 2 atom stereocenters. The molecule has 1 aliphatic rings. The third kappa shape index (κ3) is 4.07. The SMILES string of the molecule is CCOC(=O)C(O)c1ccc(C2CCCC(C)(C)C2)cc1. The second-order valence-corrected chi connectivity index (χ2v) is 6.78. The molecule has 1 aromatic carbocycles. The van der Waals surface area contributed by atoms with E-state index in [-0.39, 0.29) is 6.61 Å². The lowest BCUT2D eigenvalue weighted by Gasteiger charge is -2.35. The Hall–Kier alpha value is -1.35. The summed E-state index contributed by atoms with van der Waals surface area (Å²) >= 11 is 0. The summed E-state index contributed by atoms with van der Waals surface area (Å²) in [6.07, 6.45) is 3.81. The average Bonchev–Trinajstić information content (AvgIpc) is 2.46. The smallest absolute Gasteiger partial charge is 0.339 e. The maximum Gasteiger partial charge on any atom is 0.339 e. The third-order valence-electron chi connectivity index (χ3n) is 4.44. The molecule has 116 valence electrons. The molecule has 1 N–H and O–H groups in total. The van der Waals surface area contributed by atoms with E-state index in [0.717, 1.165) is 0 Å². The second kappa shape index (κ2) is 6.61. The first-order valence-corrected chi connectivity index (χ1v) is 7.87. The van der Waals surface area contributed by atoms with Gasteiger partial charge in [0, 0.05) is 0 Å². The lowest BCUT2D eigenvalue weighted by Crippen LogP contribution is -2.21. The number of carbonyl (C=O) groups is 1. The first kappa shape index (κ1) is 16.0. The van der Waals surface area contributed by atoms with Crippen molar-refractivity contribution in [1.82, 2.24) is 0 Å². The number of hydrogen-bond acceptors (Lipinski definition) is 3. The zero-order chi connectivity index (χ0) is 15.5. The van der Waals surface area contributed by atoms with Gasteiger partial charge in [-0.1, -0.05) is 44.5 Å². The topological polar surface area (TPSA) is 46.5 Å². The van der Waals surface area contributed by atoms with Crippen LogP contribution in [0.5, 0.6) is 0 Å². The van der Waals surface area contributed by atoms with Crippen LogP contribution in [0.1, 0.15) is 69.6 Å². The molecule has 0 heterocycles. The van der Waals surface area contributed by atoms with E-state index in [4.69, 9.17) is 4.74 Å². The molecule has 1 aromatic rings. The van der Waals surface area contributed by atoms with Crippen molar-refractivity contribution in [2.45, 2.75) is 58.5 Å². The van der Waals surface area contributed by atoms with Gasteiger partial charge in [-0.2, -0.15) is 0 Å². The minimum absolute atomic E-state index is 0.283. The van der Waals surface area contributed by atoms with Gasteiger partial charge < -0.3 is 9.84 Å². The van der Waals surface area contributed by atoms with Crippen LogP contribution >= 0.6 is 0 Å². The van der Waals surface area contributed by atoms with Gasteiger partial charge in [0.25, 0.3) is 0 Å². The number of benzene rings is 1. The minimum atomic E-state index is -1.18. The Morgan fingerprint density at radius 2 is 2.05 bits per heavy atom. The van der Waals surface area contributed by atoms with Crippen LogP contribution in [0.3, 0.4) is 0 Å². The maximum atomic E-state index is 11.5.